The van der Waals surface area contributed by atoms with E-state index >= 15 is 0 Å². The maximum Gasteiger partial charge on any atom is 0.149 e. The number of rotatable bonds is 4. The molecule has 1 atom stereocenters. The first-order valence-electron chi connectivity index (χ1n) is 9.43. The summed E-state index contributed by atoms with van der Waals surface area (Å²) in [5, 5.41) is 10.9. The normalized spacial score (nSPS) is 12.7. The molecule has 162 valence electrons. The van der Waals surface area contributed by atoms with Crippen LogP contribution in [0.3, 0.4) is 0 Å². The lowest BCUT2D eigenvalue weighted by molar-refractivity contribution is -0.119. The Balaban J connectivity index is 0.000000229. The van der Waals surface area contributed by atoms with Crippen molar-refractivity contribution in [2.24, 2.45) is 12.8 Å². The predicted octanol–water partition coefficient (Wildman–Crippen LogP) is 4.59. The first kappa shape index (κ1) is 24.8. The summed E-state index contributed by atoms with van der Waals surface area (Å²) in [6.45, 7) is 1.71. The highest BCUT2D eigenvalue weighted by atomic mass is 35.5. The molecule has 0 amide bonds. The third kappa shape index (κ3) is 5.84. The number of nitriles is 1. The van der Waals surface area contributed by atoms with Gasteiger partial charge in [-0.15, -0.1) is 12.4 Å². The molecule has 0 radical (unpaired) electrons. The number of Topliss-reactive ketones (excluding diaryl/α,β-unsaturated/α-hetero) is 1. The standard InChI is InChI=1S/C13H16ClN3O.C9H5ClN2.ClH/c1-8(15)12(18)4-3-9-5-10-11(14)7-17(2)13(10)16-6-9;10-8-1-2-9-7(8)3-6(4-11)5-12-9;/h5-8H,3-4,15H2,1-2H3;1,3,5H,2H2;1H/t8-;;/m0../s1. The zero-order valence-electron chi connectivity index (χ0n) is 17.1. The van der Waals surface area contributed by atoms with Crippen LogP contribution in [-0.4, -0.2) is 26.4 Å². The van der Waals surface area contributed by atoms with Crippen molar-refractivity contribution in [3.63, 3.8) is 0 Å². The molecule has 0 saturated heterocycles. The predicted molar refractivity (Wildman–Crippen MR) is 126 cm³/mol. The third-order valence-electron chi connectivity index (χ3n) is 4.82. The topological polar surface area (TPSA) is 97.6 Å². The van der Waals surface area contributed by atoms with E-state index in [4.69, 9.17) is 34.2 Å². The summed E-state index contributed by atoms with van der Waals surface area (Å²) in [6, 6.07) is 5.39. The van der Waals surface area contributed by atoms with Gasteiger partial charge >= 0.3 is 0 Å². The number of nitrogens with two attached hydrogens (primary N) is 1. The molecule has 6 nitrogen and oxygen atoms in total. The van der Waals surface area contributed by atoms with Crippen molar-refractivity contribution < 1.29 is 4.79 Å². The molecule has 31 heavy (non-hydrogen) atoms. The summed E-state index contributed by atoms with van der Waals surface area (Å²) >= 11 is 12.0. The van der Waals surface area contributed by atoms with Crippen LogP contribution in [0.4, 0.5) is 0 Å². The van der Waals surface area contributed by atoms with Gasteiger partial charge in [0.15, 0.2) is 0 Å². The molecule has 1 aliphatic rings. The van der Waals surface area contributed by atoms with Crippen LogP contribution in [0.15, 0.2) is 36.8 Å². The summed E-state index contributed by atoms with van der Waals surface area (Å²) < 4.78 is 1.88. The fourth-order valence-electron chi connectivity index (χ4n) is 3.11. The number of hydrogen-bond donors (Lipinski definition) is 1. The van der Waals surface area contributed by atoms with Gasteiger partial charge in [-0.25, -0.2) is 4.98 Å². The highest BCUT2D eigenvalue weighted by Gasteiger charge is 2.13. The van der Waals surface area contributed by atoms with Crippen LogP contribution < -0.4 is 5.73 Å². The number of hydrogen-bond acceptors (Lipinski definition) is 5. The van der Waals surface area contributed by atoms with Crippen LogP contribution in [0.5, 0.6) is 0 Å². The van der Waals surface area contributed by atoms with E-state index in [1.165, 1.54) is 0 Å². The van der Waals surface area contributed by atoms with Gasteiger partial charge in [-0.2, -0.15) is 5.26 Å². The van der Waals surface area contributed by atoms with E-state index in [0.29, 0.717) is 28.5 Å². The smallest absolute Gasteiger partial charge is 0.149 e. The Morgan fingerprint density at radius 2 is 2.06 bits per heavy atom. The Morgan fingerprint density at radius 3 is 2.74 bits per heavy atom. The average Bonchev–Trinajstić information content (AvgIpc) is 3.25. The SMILES string of the molecule is C[C@H](N)C(=O)CCc1cnc2c(c1)c(Cl)cn2C.Cl.N#Cc1cnc2c(c1)C(Cl)=CC2. The number of pyridine rings is 2. The molecule has 0 aliphatic heterocycles. The van der Waals surface area contributed by atoms with Crippen molar-refractivity contribution in [1.82, 2.24) is 14.5 Å². The van der Waals surface area contributed by atoms with E-state index < -0.39 is 6.04 Å². The molecule has 9 heteroatoms. The molecule has 0 aromatic carbocycles. The van der Waals surface area contributed by atoms with E-state index in [1.807, 2.05) is 36.0 Å². The number of ketones is 1. The second kappa shape index (κ2) is 10.7. The van der Waals surface area contributed by atoms with Gasteiger partial charge in [0, 0.05) is 54.5 Å². The average molecular weight is 479 g/mol. The van der Waals surface area contributed by atoms with Crippen LogP contribution in [0.1, 0.15) is 35.7 Å². The van der Waals surface area contributed by atoms with Gasteiger partial charge in [-0.1, -0.05) is 29.3 Å². The van der Waals surface area contributed by atoms with Gasteiger partial charge in [0.25, 0.3) is 0 Å². The monoisotopic (exact) mass is 477 g/mol. The van der Waals surface area contributed by atoms with Gasteiger partial charge in [0.2, 0.25) is 0 Å². The Labute approximate surface area is 197 Å². The Bertz CT molecular complexity index is 1180. The molecule has 3 heterocycles. The van der Waals surface area contributed by atoms with Gasteiger partial charge in [-0.3, -0.25) is 9.78 Å². The second-order valence-electron chi connectivity index (χ2n) is 7.14. The zero-order valence-corrected chi connectivity index (χ0v) is 19.4. The molecule has 4 rings (SSSR count). The zero-order chi connectivity index (χ0) is 21.8. The van der Waals surface area contributed by atoms with E-state index in [2.05, 4.69) is 9.97 Å². The lowest BCUT2D eigenvalue weighted by atomic mass is 10.1. The Morgan fingerprint density at radius 1 is 1.32 bits per heavy atom. The number of aromatic nitrogens is 3. The molecule has 0 saturated carbocycles. The highest BCUT2D eigenvalue weighted by Crippen LogP contribution is 2.29. The molecule has 2 N–H and O–H groups in total. The fourth-order valence-corrected chi connectivity index (χ4v) is 3.64. The van der Waals surface area contributed by atoms with Crippen molar-refractivity contribution in [2.75, 3.05) is 0 Å². The maximum absolute atomic E-state index is 11.5. The fraction of sp³-hybridized carbons (Fsp3) is 0.273. The van der Waals surface area contributed by atoms with Gasteiger partial charge < -0.3 is 10.3 Å². The molecule has 3 aromatic rings. The number of fused-ring (bicyclic) bond motifs is 2. The Hall–Kier alpha value is -2.43. The van der Waals surface area contributed by atoms with Gasteiger partial charge in [-0.05, 0) is 31.0 Å². The largest absolute Gasteiger partial charge is 0.334 e. The van der Waals surface area contributed by atoms with Gasteiger partial charge in [0.1, 0.15) is 17.5 Å². The summed E-state index contributed by atoms with van der Waals surface area (Å²) in [4.78, 5) is 20.0. The van der Waals surface area contributed by atoms with Crippen LogP contribution in [0, 0.1) is 11.3 Å². The minimum Gasteiger partial charge on any atom is -0.334 e. The third-order valence-corrected chi connectivity index (χ3v) is 5.48. The molecule has 0 fully saturated rings. The summed E-state index contributed by atoms with van der Waals surface area (Å²) in [5.41, 5.74) is 9.80. The maximum atomic E-state index is 11.5. The number of allylic oxidation sites excluding steroid dienone is 1. The lowest BCUT2D eigenvalue weighted by Crippen LogP contribution is -2.26. The first-order chi connectivity index (χ1) is 14.3. The minimum atomic E-state index is -0.401. The quantitative estimate of drug-likeness (QED) is 0.591. The number of halogens is 3. The molecule has 0 spiro atoms. The molecule has 0 unspecified atom stereocenters. The van der Waals surface area contributed by atoms with Crippen LogP contribution in [0.2, 0.25) is 5.02 Å². The van der Waals surface area contributed by atoms with Crippen molar-refractivity contribution >= 4 is 57.5 Å². The molecular weight excluding hydrogens is 457 g/mol. The Kier molecular flexibility index (Phi) is 8.60. The number of carbonyl (C=O) groups is 1. The lowest BCUT2D eigenvalue weighted by Gasteiger charge is -2.04. The van der Waals surface area contributed by atoms with Gasteiger partial charge in [0.05, 0.1) is 22.3 Å². The van der Waals surface area contributed by atoms with Crippen LogP contribution in [-0.2, 0) is 24.7 Å². The van der Waals surface area contributed by atoms with E-state index in [1.54, 1.807) is 25.4 Å². The molecule has 3 aromatic heterocycles. The first-order valence-corrected chi connectivity index (χ1v) is 10.2. The van der Waals surface area contributed by atoms with E-state index in [0.717, 1.165) is 34.3 Å². The second-order valence-corrected chi connectivity index (χ2v) is 7.96. The van der Waals surface area contributed by atoms with Crippen molar-refractivity contribution in [2.45, 2.75) is 32.2 Å². The number of nitrogens with zero attached hydrogens (tertiary/aromatic N) is 4. The highest BCUT2D eigenvalue weighted by molar-refractivity contribution is 6.49. The van der Waals surface area contributed by atoms with E-state index in [9.17, 15) is 4.79 Å². The summed E-state index contributed by atoms with van der Waals surface area (Å²) in [5.74, 6) is 0.0641. The van der Waals surface area contributed by atoms with Crippen molar-refractivity contribution in [1.29, 1.82) is 5.26 Å². The van der Waals surface area contributed by atoms with Crippen LogP contribution in [0.25, 0.3) is 16.1 Å². The minimum absolute atomic E-state index is 0. The molecule has 0 bridgehead atoms. The number of carbonyl (C=O) groups excluding carboxylic acids is 1. The van der Waals surface area contributed by atoms with Crippen molar-refractivity contribution in [3.05, 3.63) is 64.2 Å². The van der Waals surface area contributed by atoms with Crippen molar-refractivity contribution in [3.8, 4) is 6.07 Å². The molecule has 1 aliphatic carbocycles. The summed E-state index contributed by atoms with van der Waals surface area (Å²) in [6.07, 6.45) is 8.95. The van der Waals surface area contributed by atoms with Crippen LogP contribution >= 0.6 is 35.6 Å². The summed E-state index contributed by atoms with van der Waals surface area (Å²) in [7, 11) is 1.90. The molecular formula is C22H22Cl3N5O. The van der Waals surface area contributed by atoms with E-state index in [-0.39, 0.29) is 18.2 Å². The number of aryl methyl sites for hydroxylation is 2.